The summed E-state index contributed by atoms with van der Waals surface area (Å²) in [4.78, 5) is 23.2. The third kappa shape index (κ3) is 5.39. The number of amides is 1. The van der Waals surface area contributed by atoms with Gasteiger partial charge in [-0.05, 0) is 36.5 Å². The van der Waals surface area contributed by atoms with Crippen LogP contribution in [0.15, 0.2) is 24.3 Å². The minimum atomic E-state index is -0.958. The topological polar surface area (TPSA) is 75.6 Å². The van der Waals surface area contributed by atoms with Crippen LogP contribution >= 0.6 is 0 Å². The lowest BCUT2D eigenvalue weighted by Gasteiger charge is -2.14. The van der Waals surface area contributed by atoms with Gasteiger partial charge < -0.3 is 15.2 Å². The van der Waals surface area contributed by atoms with E-state index in [1.807, 2.05) is 31.2 Å². The number of carbonyl (C=O) groups is 2. The van der Waals surface area contributed by atoms with Crippen LogP contribution in [0.3, 0.4) is 0 Å². The zero-order valence-electron chi connectivity index (χ0n) is 12.9. The highest BCUT2D eigenvalue weighted by Crippen LogP contribution is 2.33. The van der Waals surface area contributed by atoms with E-state index in [0.717, 1.165) is 30.6 Å². The third-order valence-electron chi connectivity index (χ3n) is 3.64. The van der Waals surface area contributed by atoms with Gasteiger partial charge in [0, 0.05) is 0 Å². The van der Waals surface area contributed by atoms with Crippen molar-refractivity contribution in [3.8, 4) is 5.75 Å². The van der Waals surface area contributed by atoms with Crippen LogP contribution in [-0.4, -0.2) is 29.6 Å². The van der Waals surface area contributed by atoms with Gasteiger partial charge in [-0.2, -0.15) is 0 Å². The van der Waals surface area contributed by atoms with Crippen molar-refractivity contribution < 1.29 is 19.4 Å². The molecule has 1 fully saturated rings. The first-order valence-electron chi connectivity index (χ1n) is 7.82. The number of aliphatic carboxylic acids is 1. The Morgan fingerprint density at radius 3 is 2.82 bits per heavy atom. The molecule has 1 aromatic carbocycles. The Hall–Kier alpha value is -2.04. The van der Waals surface area contributed by atoms with Crippen molar-refractivity contribution in [2.45, 2.75) is 45.1 Å². The average Bonchev–Trinajstić information content (AvgIpc) is 3.28. The highest BCUT2D eigenvalue weighted by Gasteiger charge is 2.30. The number of carbonyl (C=O) groups excluding carboxylic acids is 1. The minimum absolute atomic E-state index is 0.164. The molecule has 0 aromatic heterocycles. The fourth-order valence-corrected chi connectivity index (χ4v) is 2.30. The van der Waals surface area contributed by atoms with Gasteiger partial charge in [-0.15, -0.1) is 0 Å². The smallest absolute Gasteiger partial charge is 0.326 e. The largest absolute Gasteiger partial charge is 0.494 e. The minimum Gasteiger partial charge on any atom is -0.494 e. The number of hydrogen-bond acceptors (Lipinski definition) is 3. The van der Waals surface area contributed by atoms with Crippen LogP contribution in [0, 0.1) is 5.92 Å². The van der Waals surface area contributed by atoms with Gasteiger partial charge in [0.2, 0.25) is 5.91 Å². The van der Waals surface area contributed by atoms with Crippen LogP contribution in [0.25, 0.3) is 0 Å². The van der Waals surface area contributed by atoms with Crippen molar-refractivity contribution in [3.63, 3.8) is 0 Å². The Balaban J connectivity index is 1.88. The maximum Gasteiger partial charge on any atom is 0.326 e. The zero-order chi connectivity index (χ0) is 15.9. The van der Waals surface area contributed by atoms with E-state index in [2.05, 4.69) is 5.32 Å². The van der Waals surface area contributed by atoms with Crippen molar-refractivity contribution in [3.05, 3.63) is 29.8 Å². The molecule has 0 heterocycles. The molecule has 0 aliphatic heterocycles. The number of carboxylic acids is 1. The summed E-state index contributed by atoms with van der Waals surface area (Å²) in [5.41, 5.74) is 0.821. The lowest BCUT2D eigenvalue weighted by molar-refractivity contribution is -0.142. The van der Waals surface area contributed by atoms with E-state index in [1.165, 1.54) is 0 Å². The van der Waals surface area contributed by atoms with Gasteiger partial charge in [0.25, 0.3) is 0 Å². The molecule has 0 radical (unpaired) electrons. The van der Waals surface area contributed by atoms with Crippen molar-refractivity contribution in [1.82, 2.24) is 5.32 Å². The molecule has 1 aliphatic rings. The summed E-state index contributed by atoms with van der Waals surface area (Å²) in [6.07, 6.45) is 3.75. The van der Waals surface area contributed by atoms with E-state index in [9.17, 15) is 14.7 Å². The first kappa shape index (κ1) is 16.3. The second-order valence-corrected chi connectivity index (χ2v) is 5.81. The molecular formula is C17H23NO4. The number of hydrogen-bond donors (Lipinski definition) is 2. The molecule has 1 aliphatic carbocycles. The standard InChI is InChI=1S/C17H23NO4/c1-2-8-22-14-5-3-4-13(9-14)11-16(19)18-15(17(20)21)10-12-6-7-12/h3-5,9,12,15H,2,6-8,10-11H2,1H3,(H,18,19)(H,20,21). The molecule has 0 saturated heterocycles. The molecule has 1 aromatic rings. The fourth-order valence-electron chi connectivity index (χ4n) is 2.30. The van der Waals surface area contributed by atoms with Gasteiger partial charge in [-0.3, -0.25) is 4.79 Å². The number of benzene rings is 1. The molecular weight excluding hydrogens is 282 g/mol. The van der Waals surface area contributed by atoms with Crippen LogP contribution in [0.5, 0.6) is 5.75 Å². The number of carboxylic acid groups (broad SMARTS) is 1. The van der Waals surface area contributed by atoms with E-state index < -0.39 is 12.0 Å². The lowest BCUT2D eigenvalue weighted by Crippen LogP contribution is -2.41. The number of nitrogens with one attached hydrogen (secondary N) is 1. The van der Waals surface area contributed by atoms with Gasteiger partial charge in [-0.1, -0.05) is 31.9 Å². The summed E-state index contributed by atoms with van der Waals surface area (Å²) in [6, 6.07) is 6.58. The predicted octanol–water partition coefficient (Wildman–Crippen LogP) is 2.39. The summed E-state index contributed by atoms with van der Waals surface area (Å²) in [5, 5.41) is 11.8. The number of rotatable bonds is 9. The maximum atomic E-state index is 12.0. The van der Waals surface area contributed by atoms with Crippen LogP contribution in [0.4, 0.5) is 0 Å². The van der Waals surface area contributed by atoms with E-state index >= 15 is 0 Å². The van der Waals surface area contributed by atoms with Crippen LogP contribution < -0.4 is 10.1 Å². The molecule has 1 saturated carbocycles. The second kappa shape index (κ2) is 7.82. The maximum absolute atomic E-state index is 12.0. The quantitative estimate of drug-likeness (QED) is 0.734. The van der Waals surface area contributed by atoms with E-state index in [0.29, 0.717) is 18.9 Å². The normalized spacial score (nSPS) is 15.1. The Morgan fingerprint density at radius 2 is 2.18 bits per heavy atom. The third-order valence-corrected chi connectivity index (χ3v) is 3.64. The summed E-state index contributed by atoms with van der Waals surface area (Å²) in [5.74, 6) is -0.0342. The first-order valence-corrected chi connectivity index (χ1v) is 7.82. The molecule has 1 amide bonds. The van der Waals surface area contributed by atoms with Crippen LogP contribution in [0.2, 0.25) is 0 Å². The predicted molar refractivity (Wildman–Crippen MR) is 82.8 cm³/mol. The molecule has 1 unspecified atom stereocenters. The molecule has 1 atom stereocenters. The molecule has 120 valence electrons. The van der Waals surface area contributed by atoms with Gasteiger partial charge in [0.15, 0.2) is 0 Å². The van der Waals surface area contributed by atoms with Gasteiger partial charge in [-0.25, -0.2) is 4.79 Å². The van der Waals surface area contributed by atoms with Gasteiger partial charge in [0.1, 0.15) is 11.8 Å². The Bertz CT molecular complexity index is 525. The van der Waals surface area contributed by atoms with E-state index in [4.69, 9.17) is 4.74 Å². The highest BCUT2D eigenvalue weighted by molar-refractivity contribution is 5.84. The second-order valence-electron chi connectivity index (χ2n) is 5.81. The van der Waals surface area contributed by atoms with Crippen molar-refractivity contribution in [2.24, 2.45) is 5.92 Å². The first-order chi connectivity index (χ1) is 10.6. The molecule has 0 spiro atoms. The summed E-state index contributed by atoms with van der Waals surface area (Å²) in [6.45, 7) is 2.67. The van der Waals surface area contributed by atoms with E-state index in [1.54, 1.807) is 0 Å². The Morgan fingerprint density at radius 1 is 1.41 bits per heavy atom. The SMILES string of the molecule is CCCOc1cccc(CC(=O)NC(CC2CC2)C(=O)O)c1. The molecule has 2 rings (SSSR count). The Kier molecular flexibility index (Phi) is 5.81. The zero-order valence-corrected chi connectivity index (χ0v) is 12.9. The number of ether oxygens (including phenoxy) is 1. The monoisotopic (exact) mass is 305 g/mol. The summed E-state index contributed by atoms with van der Waals surface area (Å²) in [7, 11) is 0. The van der Waals surface area contributed by atoms with E-state index in [-0.39, 0.29) is 12.3 Å². The fraction of sp³-hybridized carbons (Fsp3) is 0.529. The van der Waals surface area contributed by atoms with Crippen LogP contribution in [0.1, 0.15) is 38.2 Å². The average molecular weight is 305 g/mol. The van der Waals surface area contributed by atoms with Gasteiger partial charge >= 0.3 is 5.97 Å². The summed E-state index contributed by atoms with van der Waals surface area (Å²) < 4.78 is 5.53. The van der Waals surface area contributed by atoms with Crippen LogP contribution in [-0.2, 0) is 16.0 Å². The Labute approximate surface area is 130 Å². The highest BCUT2D eigenvalue weighted by atomic mass is 16.5. The molecule has 5 nitrogen and oxygen atoms in total. The molecule has 22 heavy (non-hydrogen) atoms. The lowest BCUT2D eigenvalue weighted by atomic mass is 10.1. The van der Waals surface area contributed by atoms with Crippen molar-refractivity contribution in [1.29, 1.82) is 0 Å². The van der Waals surface area contributed by atoms with Crippen molar-refractivity contribution in [2.75, 3.05) is 6.61 Å². The summed E-state index contributed by atoms with van der Waals surface area (Å²) >= 11 is 0. The molecule has 0 bridgehead atoms. The van der Waals surface area contributed by atoms with Gasteiger partial charge in [0.05, 0.1) is 13.0 Å². The molecule has 5 heteroatoms. The molecule has 2 N–H and O–H groups in total. The van der Waals surface area contributed by atoms with Crippen molar-refractivity contribution >= 4 is 11.9 Å².